The van der Waals surface area contributed by atoms with E-state index in [9.17, 15) is 9.59 Å². The number of hydrogen-bond donors (Lipinski definition) is 2. The summed E-state index contributed by atoms with van der Waals surface area (Å²) < 4.78 is 0. The van der Waals surface area contributed by atoms with Crippen LogP contribution < -0.4 is 5.43 Å². The Morgan fingerprint density at radius 2 is 1.89 bits per heavy atom. The molecule has 0 aromatic carbocycles. The van der Waals surface area contributed by atoms with Gasteiger partial charge in [-0.1, -0.05) is 5.16 Å². The van der Waals surface area contributed by atoms with Crippen molar-refractivity contribution in [3.8, 4) is 0 Å². The molecule has 0 unspecified atom stereocenters. The second-order valence-corrected chi connectivity index (χ2v) is 3.38. The smallest absolute Gasteiger partial charge is 0.271 e. The quantitative estimate of drug-likeness (QED) is 0.462. The lowest BCUT2D eigenvalue weighted by Gasteiger charge is -2.02. The molecule has 1 aromatic rings. The van der Waals surface area contributed by atoms with Crippen LogP contribution in [0.2, 0.25) is 0 Å². The summed E-state index contributed by atoms with van der Waals surface area (Å²) >= 11 is 0. The maximum atomic E-state index is 11.6. The molecule has 1 amide bonds. The molecule has 0 aliphatic carbocycles. The van der Waals surface area contributed by atoms with Crippen molar-refractivity contribution in [1.29, 1.82) is 0 Å². The first kappa shape index (κ1) is 13.5. The van der Waals surface area contributed by atoms with Crippen LogP contribution in [0, 0.1) is 0 Å². The molecule has 94 valence electrons. The van der Waals surface area contributed by atoms with Crippen molar-refractivity contribution in [3.63, 3.8) is 0 Å². The van der Waals surface area contributed by atoms with Gasteiger partial charge in [-0.05, 0) is 19.1 Å². The van der Waals surface area contributed by atoms with Crippen LogP contribution >= 0.6 is 0 Å². The molecule has 1 rings (SSSR count). The number of amides is 1. The molecule has 0 saturated heterocycles. The number of nitrogens with one attached hydrogen (secondary N) is 1. The summed E-state index contributed by atoms with van der Waals surface area (Å²) in [6.45, 7) is 2.68. The molecule has 2 N–H and O–H groups in total. The molecule has 0 atom stereocenters. The predicted octanol–water partition coefficient (Wildman–Crippen LogP) is 0.606. The molecule has 7 nitrogen and oxygen atoms in total. The standard InChI is InChI=1S/C11H12N4O3/c1-7(10(15-18)8(2)16)13-14-11(17)9-3-5-12-6-4-9/h3-6,18H,1-2H3,(H,14,17)/b13-7+,15-10-. The van der Waals surface area contributed by atoms with Gasteiger partial charge < -0.3 is 5.21 Å². The second kappa shape index (κ2) is 6.24. The Kier molecular flexibility index (Phi) is 4.67. The molecule has 0 spiro atoms. The SMILES string of the molecule is CC(=O)C(=N\O)/C(C)=N/NC(=O)c1ccncc1. The third-order valence-electron chi connectivity index (χ3n) is 2.04. The summed E-state index contributed by atoms with van der Waals surface area (Å²) in [5, 5.41) is 15.1. The maximum Gasteiger partial charge on any atom is 0.271 e. The van der Waals surface area contributed by atoms with Crippen LogP contribution in [-0.2, 0) is 4.79 Å². The Labute approximate surface area is 103 Å². The zero-order chi connectivity index (χ0) is 13.5. The van der Waals surface area contributed by atoms with Gasteiger partial charge in [-0.15, -0.1) is 0 Å². The molecule has 18 heavy (non-hydrogen) atoms. The predicted molar refractivity (Wildman–Crippen MR) is 64.7 cm³/mol. The Balaban J connectivity index is 2.76. The third-order valence-corrected chi connectivity index (χ3v) is 2.04. The molecule has 0 aliphatic rings. The van der Waals surface area contributed by atoms with Crippen molar-refractivity contribution in [1.82, 2.24) is 10.4 Å². The highest BCUT2D eigenvalue weighted by molar-refractivity contribution is 6.66. The second-order valence-electron chi connectivity index (χ2n) is 3.38. The number of hydrazone groups is 1. The van der Waals surface area contributed by atoms with E-state index in [0.29, 0.717) is 5.56 Å². The number of ketones is 1. The Hall–Kier alpha value is -2.57. The Bertz CT molecular complexity index is 508. The molecule has 0 aliphatic heterocycles. The van der Waals surface area contributed by atoms with Gasteiger partial charge in [0.1, 0.15) is 0 Å². The number of carbonyl (C=O) groups excluding carboxylic acids is 2. The van der Waals surface area contributed by atoms with Gasteiger partial charge in [0, 0.05) is 24.9 Å². The Morgan fingerprint density at radius 1 is 1.28 bits per heavy atom. The van der Waals surface area contributed by atoms with E-state index in [4.69, 9.17) is 5.21 Å². The first-order valence-electron chi connectivity index (χ1n) is 5.04. The van der Waals surface area contributed by atoms with Gasteiger partial charge in [-0.3, -0.25) is 14.6 Å². The highest BCUT2D eigenvalue weighted by Crippen LogP contribution is 1.95. The molecule has 1 heterocycles. The number of Topliss-reactive ketones (excluding diaryl/α,β-unsaturated/α-hetero) is 1. The molecule has 7 heteroatoms. The summed E-state index contributed by atoms with van der Waals surface area (Å²) in [5.41, 5.74) is 2.54. The zero-order valence-corrected chi connectivity index (χ0v) is 9.91. The zero-order valence-electron chi connectivity index (χ0n) is 9.91. The maximum absolute atomic E-state index is 11.6. The molecule has 1 aromatic heterocycles. The molecular weight excluding hydrogens is 236 g/mol. The lowest BCUT2D eigenvalue weighted by atomic mass is 10.2. The summed E-state index contributed by atoms with van der Waals surface area (Å²) in [6, 6.07) is 3.04. The minimum absolute atomic E-state index is 0.118. The van der Waals surface area contributed by atoms with Crippen LogP contribution in [0.4, 0.5) is 0 Å². The third kappa shape index (κ3) is 3.48. The van der Waals surface area contributed by atoms with Gasteiger partial charge >= 0.3 is 0 Å². The lowest BCUT2D eigenvalue weighted by Crippen LogP contribution is -2.25. The number of carbonyl (C=O) groups is 2. The molecular formula is C11H12N4O3. The highest BCUT2D eigenvalue weighted by atomic mass is 16.4. The average molecular weight is 248 g/mol. The number of hydrogen-bond acceptors (Lipinski definition) is 6. The minimum Gasteiger partial charge on any atom is -0.410 e. The summed E-state index contributed by atoms with van der Waals surface area (Å²) in [7, 11) is 0. The minimum atomic E-state index is -0.447. The van der Waals surface area contributed by atoms with E-state index >= 15 is 0 Å². The fraction of sp³-hybridized carbons (Fsp3) is 0.182. The van der Waals surface area contributed by atoms with Crippen molar-refractivity contribution in [2.24, 2.45) is 10.3 Å². The summed E-state index contributed by atoms with van der Waals surface area (Å²) in [4.78, 5) is 26.4. The van der Waals surface area contributed by atoms with Crippen LogP contribution in [0.15, 0.2) is 34.8 Å². The van der Waals surface area contributed by atoms with Crippen LogP contribution in [0.3, 0.4) is 0 Å². The highest BCUT2D eigenvalue weighted by Gasteiger charge is 2.11. The fourth-order valence-electron chi connectivity index (χ4n) is 1.15. The van der Waals surface area contributed by atoms with Crippen molar-refractivity contribution in [2.45, 2.75) is 13.8 Å². The van der Waals surface area contributed by atoms with E-state index < -0.39 is 11.7 Å². The van der Waals surface area contributed by atoms with E-state index in [1.165, 1.54) is 38.4 Å². The molecule has 0 radical (unpaired) electrons. The molecule has 0 saturated carbocycles. The van der Waals surface area contributed by atoms with Crippen molar-refractivity contribution < 1.29 is 14.8 Å². The lowest BCUT2D eigenvalue weighted by molar-refractivity contribution is -0.111. The summed E-state index contributed by atoms with van der Waals surface area (Å²) in [5.74, 6) is -0.894. The monoisotopic (exact) mass is 248 g/mol. The van der Waals surface area contributed by atoms with E-state index in [-0.39, 0.29) is 11.4 Å². The van der Waals surface area contributed by atoms with E-state index in [1.807, 2.05) is 0 Å². The normalized spacial score (nSPS) is 12.1. The van der Waals surface area contributed by atoms with E-state index in [2.05, 4.69) is 20.7 Å². The van der Waals surface area contributed by atoms with Crippen LogP contribution in [0.1, 0.15) is 24.2 Å². The number of nitrogens with zero attached hydrogens (tertiary/aromatic N) is 3. The van der Waals surface area contributed by atoms with Gasteiger partial charge in [0.25, 0.3) is 5.91 Å². The molecule has 0 bridgehead atoms. The first-order chi connectivity index (χ1) is 8.56. The van der Waals surface area contributed by atoms with Crippen LogP contribution in [0.5, 0.6) is 0 Å². The van der Waals surface area contributed by atoms with E-state index in [1.54, 1.807) is 0 Å². The number of aromatic nitrogens is 1. The number of rotatable bonds is 4. The Morgan fingerprint density at radius 3 is 2.39 bits per heavy atom. The van der Waals surface area contributed by atoms with Crippen LogP contribution in [0.25, 0.3) is 0 Å². The number of oxime groups is 1. The van der Waals surface area contributed by atoms with Crippen LogP contribution in [-0.4, -0.2) is 33.3 Å². The van der Waals surface area contributed by atoms with Gasteiger partial charge in [-0.25, -0.2) is 5.43 Å². The topological polar surface area (TPSA) is 104 Å². The van der Waals surface area contributed by atoms with Crippen molar-refractivity contribution in [3.05, 3.63) is 30.1 Å². The molecule has 0 fully saturated rings. The van der Waals surface area contributed by atoms with Crippen molar-refractivity contribution in [2.75, 3.05) is 0 Å². The number of pyridine rings is 1. The van der Waals surface area contributed by atoms with Gasteiger partial charge in [0.2, 0.25) is 0 Å². The van der Waals surface area contributed by atoms with Gasteiger partial charge in [0.15, 0.2) is 11.5 Å². The van der Waals surface area contributed by atoms with E-state index in [0.717, 1.165) is 0 Å². The first-order valence-corrected chi connectivity index (χ1v) is 5.04. The summed E-state index contributed by atoms with van der Waals surface area (Å²) in [6.07, 6.45) is 2.95. The van der Waals surface area contributed by atoms with Gasteiger partial charge in [-0.2, -0.15) is 5.10 Å². The average Bonchev–Trinajstić information content (AvgIpc) is 2.37. The fourth-order valence-corrected chi connectivity index (χ4v) is 1.15. The van der Waals surface area contributed by atoms with Crippen molar-refractivity contribution >= 4 is 23.1 Å². The largest absolute Gasteiger partial charge is 0.410 e. The van der Waals surface area contributed by atoms with Gasteiger partial charge in [0.05, 0.1) is 5.71 Å².